The van der Waals surface area contributed by atoms with Crippen LogP contribution in [-0.4, -0.2) is 4.57 Å². The molecule has 2 heterocycles. The molecular formula is C67H44N2. The second-order valence-corrected chi connectivity index (χ2v) is 18.3. The molecule has 322 valence electrons. The standard InChI is InChI=1S/C67H44N2/c1-3-20-45(21-4-1)46-38-40-48(41-39-46)51-25-10-15-34-62(51)68(63-35-16-11-28-55(63)52-26-8-7-24-50(52)47-22-5-2-6-23-47)49-42-43-54-53-27-9-13-31-58(53)67(61(54)44-49)59-32-14-18-37-65(59)69-64-36-17-12-29-56(64)57-30-19-33-60(67)66(57)69/h1-44H. The predicted molar refractivity (Wildman–Crippen MR) is 288 cm³/mol. The molecule has 2 nitrogen and oxygen atoms in total. The highest BCUT2D eigenvalue weighted by atomic mass is 15.1. The third-order valence-corrected chi connectivity index (χ3v) is 14.8. The topological polar surface area (TPSA) is 8.17 Å². The van der Waals surface area contributed by atoms with E-state index in [1.807, 2.05) is 0 Å². The molecule has 0 amide bonds. The number of anilines is 3. The Morgan fingerprint density at radius 3 is 1.58 bits per heavy atom. The molecule has 69 heavy (non-hydrogen) atoms. The zero-order chi connectivity index (χ0) is 45.5. The van der Waals surface area contributed by atoms with Crippen LogP contribution in [0.15, 0.2) is 267 Å². The Morgan fingerprint density at radius 2 is 0.797 bits per heavy atom. The second kappa shape index (κ2) is 15.6. The molecular weight excluding hydrogens is 833 g/mol. The Labute approximate surface area is 402 Å². The number of benzene rings is 11. The van der Waals surface area contributed by atoms with Gasteiger partial charge in [0.25, 0.3) is 0 Å². The van der Waals surface area contributed by atoms with Crippen molar-refractivity contribution in [2.75, 3.05) is 4.90 Å². The molecule has 0 bridgehead atoms. The van der Waals surface area contributed by atoms with E-state index in [9.17, 15) is 0 Å². The molecule has 1 spiro atoms. The van der Waals surface area contributed by atoms with Crippen LogP contribution in [0, 0.1) is 0 Å². The van der Waals surface area contributed by atoms with Gasteiger partial charge in [-0.15, -0.1) is 0 Å². The number of hydrogen-bond acceptors (Lipinski definition) is 1. The van der Waals surface area contributed by atoms with Gasteiger partial charge in [0, 0.05) is 27.6 Å². The van der Waals surface area contributed by atoms with Gasteiger partial charge in [-0.2, -0.15) is 0 Å². The van der Waals surface area contributed by atoms with Crippen molar-refractivity contribution >= 4 is 38.9 Å². The smallest absolute Gasteiger partial charge is 0.0755 e. The first kappa shape index (κ1) is 39.2. The van der Waals surface area contributed by atoms with Gasteiger partial charge in [-0.25, -0.2) is 0 Å². The average molecular weight is 877 g/mol. The molecule has 12 aromatic rings. The first-order valence-corrected chi connectivity index (χ1v) is 23.9. The monoisotopic (exact) mass is 876 g/mol. The zero-order valence-electron chi connectivity index (χ0n) is 37.8. The molecule has 1 aliphatic carbocycles. The normalized spacial score (nSPS) is 14.1. The van der Waals surface area contributed by atoms with Gasteiger partial charge >= 0.3 is 0 Å². The molecule has 1 aliphatic heterocycles. The summed E-state index contributed by atoms with van der Waals surface area (Å²) < 4.78 is 2.52. The van der Waals surface area contributed by atoms with E-state index in [0.29, 0.717) is 0 Å². The van der Waals surface area contributed by atoms with E-state index in [1.165, 1.54) is 88.7 Å². The van der Waals surface area contributed by atoms with Gasteiger partial charge in [-0.05, 0) is 103 Å². The quantitative estimate of drug-likeness (QED) is 0.155. The van der Waals surface area contributed by atoms with E-state index < -0.39 is 5.41 Å². The summed E-state index contributed by atoms with van der Waals surface area (Å²) in [6, 6.07) is 98.7. The summed E-state index contributed by atoms with van der Waals surface area (Å²) in [6.45, 7) is 0. The molecule has 0 saturated heterocycles. The predicted octanol–water partition coefficient (Wildman–Crippen LogP) is 17.6. The van der Waals surface area contributed by atoms with Gasteiger partial charge in [-0.3, -0.25) is 0 Å². The Kier molecular flexibility index (Phi) is 8.84. The van der Waals surface area contributed by atoms with E-state index >= 15 is 0 Å². The number of rotatable bonds is 7. The minimum Gasteiger partial charge on any atom is -0.309 e. The van der Waals surface area contributed by atoms with E-state index in [1.54, 1.807) is 0 Å². The number of fused-ring (bicyclic) bond motifs is 12. The molecule has 0 radical (unpaired) electrons. The van der Waals surface area contributed by atoms with Crippen molar-refractivity contribution in [3.63, 3.8) is 0 Å². The van der Waals surface area contributed by atoms with Gasteiger partial charge in [0.1, 0.15) is 0 Å². The maximum absolute atomic E-state index is 2.53. The maximum atomic E-state index is 2.53. The van der Waals surface area contributed by atoms with E-state index in [-0.39, 0.29) is 0 Å². The van der Waals surface area contributed by atoms with Crippen molar-refractivity contribution in [2.45, 2.75) is 5.41 Å². The van der Waals surface area contributed by atoms with Crippen LogP contribution in [0.5, 0.6) is 0 Å². The Bertz CT molecular complexity index is 3960. The Morgan fingerprint density at radius 1 is 0.290 bits per heavy atom. The fraction of sp³-hybridized carbons (Fsp3) is 0.0149. The summed E-state index contributed by atoms with van der Waals surface area (Å²) in [4.78, 5) is 2.53. The SMILES string of the molecule is c1ccc(-c2ccc(-c3ccccc3N(c3ccc4c(c3)C3(c5ccccc5-4)c4ccccc4-n4c5ccccc5c5cccc3c54)c3ccccc3-c3ccccc3-c3ccccc3)cc2)cc1. The highest BCUT2D eigenvalue weighted by Crippen LogP contribution is 2.62. The van der Waals surface area contributed by atoms with Crippen LogP contribution in [0.4, 0.5) is 17.1 Å². The van der Waals surface area contributed by atoms with Gasteiger partial charge in [-0.1, -0.05) is 231 Å². The summed E-state index contributed by atoms with van der Waals surface area (Å²) in [5, 5.41) is 2.55. The summed E-state index contributed by atoms with van der Waals surface area (Å²) in [5.74, 6) is 0. The summed E-state index contributed by atoms with van der Waals surface area (Å²) in [7, 11) is 0. The number of para-hydroxylation sites is 5. The molecule has 1 atom stereocenters. The van der Waals surface area contributed by atoms with Crippen LogP contribution in [-0.2, 0) is 5.41 Å². The number of hydrogen-bond donors (Lipinski definition) is 0. The Balaban J connectivity index is 1.05. The minimum atomic E-state index is -0.597. The molecule has 2 heteroatoms. The molecule has 1 unspecified atom stereocenters. The fourth-order valence-electron chi connectivity index (χ4n) is 12.0. The second-order valence-electron chi connectivity index (χ2n) is 18.3. The van der Waals surface area contributed by atoms with Crippen molar-refractivity contribution in [1.29, 1.82) is 0 Å². The lowest BCUT2D eigenvalue weighted by atomic mass is 9.65. The van der Waals surface area contributed by atoms with Crippen LogP contribution in [0.2, 0.25) is 0 Å². The molecule has 11 aromatic carbocycles. The summed E-state index contributed by atoms with van der Waals surface area (Å²) in [5.41, 5.74) is 23.6. The lowest BCUT2D eigenvalue weighted by molar-refractivity contribution is 0.748. The van der Waals surface area contributed by atoms with E-state index in [0.717, 1.165) is 33.8 Å². The highest BCUT2D eigenvalue weighted by molar-refractivity contribution is 6.13. The molecule has 0 N–H and O–H groups in total. The molecule has 2 aliphatic rings. The first-order chi connectivity index (χ1) is 34.3. The lowest BCUT2D eigenvalue weighted by Crippen LogP contribution is -2.33. The highest BCUT2D eigenvalue weighted by Gasteiger charge is 2.51. The average Bonchev–Trinajstić information content (AvgIpc) is 3.92. The van der Waals surface area contributed by atoms with Gasteiger partial charge < -0.3 is 9.47 Å². The van der Waals surface area contributed by atoms with Crippen molar-refractivity contribution in [3.8, 4) is 61.3 Å². The van der Waals surface area contributed by atoms with E-state index in [2.05, 4.69) is 276 Å². The van der Waals surface area contributed by atoms with Crippen molar-refractivity contribution in [2.24, 2.45) is 0 Å². The zero-order valence-corrected chi connectivity index (χ0v) is 37.8. The minimum absolute atomic E-state index is 0.597. The lowest BCUT2D eigenvalue weighted by Gasteiger charge is -2.40. The fourth-order valence-corrected chi connectivity index (χ4v) is 12.0. The van der Waals surface area contributed by atoms with Crippen LogP contribution in [0.1, 0.15) is 22.3 Å². The van der Waals surface area contributed by atoms with Crippen molar-refractivity contribution in [3.05, 3.63) is 289 Å². The molecule has 1 aromatic heterocycles. The summed E-state index contributed by atoms with van der Waals surface area (Å²) in [6.07, 6.45) is 0. The third-order valence-electron chi connectivity index (χ3n) is 14.8. The molecule has 14 rings (SSSR count). The van der Waals surface area contributed by atoms with Crippen molar-refractivity contribution in [1.82, 2.24) is 4.57 Å². The van der Waals surface area contributed by atoms with Crippen LogP contribution in [0.3, 0.4) is 0 Å². The Hall–Kier alpha value is -8.98. The van der Waals surface area contributed by atoms with Gasteiger partial charge in [0.2, 0.25) is 0 Å². The van der Waals surface area contributed by atoms with Crippen LogP contribution in [0.25, 0.3) is 83.1 Å². The van der Waals surface area contributed by atoms with E-state index in [4.69, 9.17) is 0 Å². The van der Waals surface area contributed by atoms with Crippen LogP contribution < -0.4 is 4.90 Å². The summed E-state index contributed by atoms with van der Waals surface area (Å²) >= 11 is 0. The molecule has 0 fully saturated rings. The van der Waals surface area contributed by atoms with Gasteiger partial charge in [0.05, 0.1) is 33.5 Å². The third kappa shape index (κ3) is 5.79. The largest absolute Gasteiger partial charge is 0.309 e. The molecule has 0 saturated carbocycles. The number of aromatic nitrogens is 1. The first-order valence-electron chi connectivity index (χ1n) is 23.9. The van der Waals surface area contributed by atoms with Crippen LogP contribution >= 0.6 is 0 Å². The maximum Gasteiger partial charge on any atom is 0.0755 e. The van der Waals surface area contributed by atoms with Crippen molar-refractivity contribution < 1.29 is 0 Å². The van der Waals surface area contributed by atoms with Gasteiger partial charge in [0.15, 0.2) is 0 Å². The number of nitrogens with zero attached hydrogens (tertiary/aromatic N) is 2.